The summed E-state index contributed by atoms with van der Waals surface area (Å²) in [6, 6.07) is 0. The zero-order valence-corrected chi connectivity index (χ0v) is 6.70. The van der Waals surface area contributed by atoms with E-state index in [0.29, 0.717) is 0 Å². The van der Waals surface area contributed by atoms with Gasteiger partial charge in [-0.15, -0.1) is 0 Å². The van der Waals surface area contributed by atoms with Crippen LogP contribution in [0.5, 0.6) is 0 Å². The summed E-state index contributed by atoms with van der Waals surface area (Å²) in [4.78, 5) is 20.6. The van der Waals surface area contributed by atoms with E-state index in [1.165, 1.54) is 0 Å². The van der Waals surface area contributed by atoms with E-state index < -0.39 is 35.6 Å². The molecular formula is C7H8F2O4. The van der Waals surface area contributed by atoms with Crippen LogP contribution in [0.1, 0.15) is 6.92 Å². The average Bonchev–Trinajstić information content (AvgIpc) is 2.51. The molecule has 4 nitrogen and oxygen atoms in total. The minimum absolute atomic E-state index is 1.09. The molecule has 13 heavy (non-hydrogen) atoms. The number of carboxylic acid groups (broad SMARTS) is 2. The van der Waals surface area contributed by atoms with E-state index in [9.17, 15) is 18.4 Å². The highest BCUT2D eigenvalue weighted by atomic mass is 19.3. The normalized spacial score (nSPS) is 32.2. The lowest BCUT2D eigenvalue weighted by Gasteiger charge is -2.01. The lowest BCUT2D eigenvalue weighted by atomic mass is 10.1. The van der Waals surface area contributed by atoms with Crippen molar-refractivity contribution < 1.29 is 28.6 Å². The van der Waals surface area contributed by atoms with Gasteiger partial charge in [0.15, 0.2) is 0 Å². The van der Waals surface area contributed by atoms with Crippen LogP contribution in [-0.4, -0.2) is 28.1 Å². The van der Waals surface area contributed by atoms with Crippen molar-refractivity contribution in [3.8, 4) is 0 Å². The van der Waals surface area contributed by atoms with Gasteiger partial charge in [-0.2, -0.15) is 0 Å². The molecule has 1 fully saturated rings. The summed E-state index contributed by atoms with van der Waals surface area (Å²) in [6.45, 7) is 1.09. The molecule has 2 N–H and O–H groups in total. The first-order chi connectivity index (χ1) is 5.80. The van der Waals surface area contributed by atoms with Crippen LogP contribution >= 0.6 is 0 Å². The highest BCUT2D eigenvalue weighted by molar-refractivity contribution is 5.79. The van der Waals surface area contributed by atoms with Crippen molar-refractivity contribution >= 4 is 11.9 Å². The van der Waals surface area contributed by atoms with Crippen molar-refractivity contribution in [3.05, 3.63) is 0 Å². The monoisotopic (exact) mass is 194 g/mol. The molecule has 0 spiro atoms. The third kappa shape index (κ3) is 1.36. The largest absolute Gasteiger partial charge is 0.481 e. The molecule has 0 aliphatic heterocycles. The maximum absolute atomic E-state index is 12.7. The molecule has 0 aromatic heterocycles. The Bertz CT molecular complexity index is 263. The molecule has 3 unspecified atom stereocenters. The van der Waals surface area contributed by atoms with E-state index in [2.05, 4.69) is 0 Å². The Morgan fingerprint density at radius 2 is 1.85 bits per heavy atom. The fourth-order valence-corrected chi connectivity index (χ4v) is 1.44. The molecule has 0 amide bonds. The predicted octanol–water partition coefficient (Wildman–Crippen LogP) is 0.673. The Hall–Kier alpha value is -1.20. The standard InChI is InChI=1S/C7H8F2O4/c1-2(5(10)11)3-4(6(12)13)7(3,8)9/h2-4H,1H3,(H,10,11)(H,12,13). The van der Waals surface area contributed by atoms with E-state index in [0.717, 1.165) is 6.92 Å². The van der Waals surface area contributed by atoms with E-state index in [-0.39, 0.29) is 0 Å². The van der Waals surface area contributed by atoms with Crippen molar-refractivity contribution in [2.45, 2.75) is 12.8 Å². The number of aliphatic carboxylic acids is 2. The molecule has 0 radical (unpaired) electrons. The molecule has 1 aliphatic rings. The van der Waals surface area contributed by atoms with Crippen molar-refractivity contribution in [2.24, 2.45) is 17.8 Å². The Kier molecular flexibility index (Phi) is 2.01. The molecule has 0 bridgehead atoms. The number of alkyl halides is 2. The van der Waals surface area contributed by atoms with Crippen molar-refractivity contribution in [1.29, 1.82) is 0 Å². The van der Waals surface area contributed by atoms with Crippen molar-refractivity contribution in [2.75, 3.05) is 0 Å². The van der Waals surface area contributed by atoms with E-state index in [1.807, 2.05) is 0 Å². The maximum Gasteiger partial charge on any atom is 0.313 e. The highest BCUT2D eigenvalue weighted by Crippen LogP contribution is 2.58. The predicted molar refractivity (Wildman–Crippen MR) is 36.4 cm³/mol. The van der Waals surface area contributed by atoms with Gasteiger partial charge in [0.2, 0.25) is 0 Å². The SMILES string of the molecule is CC(C(=O)O)C1C(C(=O)O)C1(F)F. The zero-order valence-electron chi connectivity index (χ0n) is 6.70. The molecule has 3 atom stereocenters. The van der Waals surface area contributed by atoms with Gasteiger partial charge in [-0.25, -0.2) is 8.78 Å². The second-order valence-corrected chi connectivity index (χ2v) is 3.14. The molecular weight excluding hydrogens is 186 g/mol. The number of rotatable bonds is 3. The third-order valence-corrected chi connectivity index (χ3v) is 2.30. The lowest BCUT2D eigenvalue weighted by molar-refractivity contribution is -0.142. The Morgan fingerprint density at radius 3 is 2.08 bits per heavy atom. The average molecular weight is 194 g/mol. The Morgan fingerprint density at radius 1 is 1.38 bits per heavy atom. The third-order valence-electron chi connectivity index (χ3n) is 2.30. The Labute approximate surface area is 72.2 Å². The number of halogens is 2. The van der Waals surface area contributed by atoms with Gasteiger partial charge in [0, 0.05) is 0 Å². The summed E-state index contributed by atoms with van der Waals surface area (Å²) < 4.78 is 25.4. The smallest absolute Gasteiger partial charge is 0.313 e. The number of hydrogen-bond acceptors (Lipinski definition) is 2. The molecule has 0 aromatic rings. The summed E-state index contributed by atoms with van der Waals surface area (Å²) >= 11 is 0. The van der Waals surface area contributed by atoms with Gasteiger partial charge in [-0.05, 0) is 0 Å². The van der Waals surface area contributed by atoms with Crippen LogP contribution in [0.25, 0.3) is 0 Å². The van der Waals surface area contributed by atoms with Crippen LogP contribution in [0.3, 0.4) is 0 Å². The molecule has 0 saturated heterocycles. The molecule has 6 heteroatoms. The maximum atomic E-state index is 12.7. The van der Waals surface area contributed by atoms with Crippen LogP contribution in [-0.2, 0) is 9.59 Å². The first-order valence-corrected chi connectivity index (χ1v) is 3.63. The second-order valence-electron chi connectivity index (χ2n) is 3.14. The van der Waals surface area contributed by atoms with Crippen molar-refractivity contribution in [1.82, 2.24) is 0 Å². The lowest BCUT2D eigenvalue weighted by Crippen LogP contribution is -2.15. The van der Waals surface area contributed by atoms with Gasteiger partial charge < -0.3 is 10.2 Å². The van der Waals surface area contributed by atoms with Gasteiger partial charge in [0.25, 0.3) is 5.92 Å². The van der Waals surface area contributed by atoms with Crippen LogP contribution < -0.4 is 0 Å². The summed E-state index contributed by atoms with van der Waals surface area (Å²) in [6.07, 6.45) is 0. The van der Waals surface area contributed by atoms with Gasteiger partial charge in [-0.1, -0.05) is 6.92 Å². The fraction of sp³-hybridized carbons (Fsp3) is 0.714. The van der Waals surface area contributed by atoms with Gasteiger partial charge >= 0.3 is 11.9 Å². The highest BCUT2D eigenvalue weighted by Gasteiger charge is 2.74. The van der Waals surface area contributed by atoms with E-state index >= 15 is 0 Å². The molecule has 1 saturated carbocycles. The quantitative estimate of drug-likeness (QED) is 0.692. The zero-order chi connectivity index (χ0) is 10.4. The summed E-state index contributed by atoms with van der Waals surface area (Å²) in [7, 11) is 0. The first-order valence-electron chi connectivity index (χ1n) is 3.63. The number of carboxylic acids is 2. The first kappa shape index (κ1) is 9.88. The van der Waals surface area contributed by atoms with Gasteiger partial charge in [0.05, 0.1) is 11.8 Å². The topological polar surface area (TPSA) is 74.6 Å². The number of hydrogen-bond donors (Lipinski definition) is 2. The van der Waals surface area contributed by atoms with E-state index in [1.54, 1.807) is 0 Å². The van der Waals surface area contributed by atoms with Crippen LogP contribution in [0.15, 0.2) is 0 Å². The minimum Gasteiger partial charge on any atom is -0.481 e. The molecule has 74 valence electrons. The summed E-state index contributed by atoms with van der Waals surface area (Å²) in [5.74, 6) is -11.1. The van der Waals surface area contributed by atoms with Crippen LogP contribution in [0.2, 0.25) is 0 Å². The van der Waals surface area contributed by atoms with Gasteiger partial charge in [-0.3, -0.25) is 9.59 Å². The molecule has 0 aromatic carbocycles. The van der Waals surface area contributed by atoms with Crippen LogP contribution in [0, 0.1) is 17.8 Å². The molecule has 1 aliphatic carbocycles. The summed E-state index contributed by atoms with van der Waals surface area (Å²) in [5.41, 5.74) is 0. The number of carbonyl (C=O) groups is 2. The Balaban J connectivity index is 2.76. The minimum atomic E-state index is -3.37. The van der Waals surface area contributed by atoms with Gasteiger partial charge in [0.1, 0.15) is 5.92 Å². The van der Waals surface area contributed by atoms with E-state index in [4.69, 9.17) is 10.2 Å². The van der Waals surface area contributed by atoms with Crippen molar-refractivity contribution in [3.63, 3.8) is 0 Å². The summed E-state index contributed by atoms with van der Waals surface area (Å²) in [5, 5.41) is 16.7. The fourth-order valence-electron chi connectivity index (χ4n) is 1.44. The molecule has 1 rings (SSSR count). The van der Waals surface area contributed by atoms with Crippen LogP contribution in [0.4, 0.5) is 8.78 Å². The molecule has 0 heterocycles. The second kappa shape index (κ2) is 2.65.